The Kier molecular flexibility index (Phi) is 33.5. The van der Waals surface area contributed by atoms with Crippen molar-refractivity contribution >= 4 is 29.4 Å². The van der Waals surface area contributed by atoms with Crippen LogP contribution in [0.25, 0.3) is 34.4 Å². The minimum atomic E-state index is -1.06. The highest BCUT2D eigenvalue weighted by atomic mass is 19.1. The summed E-state index contributed by atoms with van der Waals surface area (Å²) in [7, 11) is 5.02. The number of methoxy groups -OCH3 is 3. The first-order chi connectivity index (χ1) is 49.9. The topological polar surface area (TPSA) is 186 Å². The summed E-state index contributed by atoms with van der Waals surface area (Å²) in [5.41, 5.74) is 9.60. The van der Waals surface area contributed by atoms with Crippen LogP contribution >= 0.6 is 0 Å². The molecule has 0 N–H and O–H groups in total. The summed E-state index contributed by atoms with van der Waals surface area (Å²) >= 11 is 0. The lowest BCUT2D eigenvalue weighted by Gasteiger charge is -2.48. The molecule has 4 aromatic heterocycles. The monoisotopic (exact) mass is 1490 g/mol. The molecule has 6 aliphatic rings. The number of anilines is 5. The van der Waals surface area contributed by atoms with E-state index in [0.717, 1.165) is 128 Å². The zero-order valence-corrected chi connectivity index (χ0v) is 65.4. The quantitative estimate of drug-likeness (QED) is 0.0837. The van der Waals surface area contributed by atoms with Gasteiger partial charge < -0.3 is 52.0 Å². The van der Waals surface area contributed by atoms with Crippen molar-refractivity contribution < 1.29 is 31.9 Å². The van der Waals surface area contributed by atoms with Crippen molar-refractivity contribution in [1.82, 2.24) is 55.2 Å². The molecule has 6 aliphatic heterocycles. The number of piperazine rings is 3. The molecular weight excluding hydrogens is 1360 g/mol. The summed E-state index contributed by atoms with van der Waals surface area (Å²) in [6, 6.07) is 35.1. The number of piperidine rings is 1. The first-order valence-corrected chi connectivity index (χ1v) is 37.7. The van der Waals surface area contributed by atoms with Gasteiger partial charge in [0, 0.05) is 163 Å². The number of benzene rings is 4. The molecule has 108 heavy (non-hydrogen) atoms. The number of aromatic nitrogens is 7. The molecule has 0 aliphatic carbocycles. The highest BCUT2D eigenvalue weighted by Gasteiger charge is 2.46. The van der Waals surface area contributed by atoms with Crippen molar-refractivity contribution in [1.29, 1.82) is 0 Å². The Morgan fingerprint density at radius 2 is 0.796 bits per heavy atom. The van der Waals surface area contributed by atoms with E-state index >= 15 is 0 Å². The zero-order chi connectivity index (χ0) is 74.4. The summed E-state index contributed by atoms with van der Waals surface area (Å²) in [5, 5.41) is 25.3. The van der Waals surface area contributed by atoms with Gasteiger partial charge in [0.1, 0.15) is 22.9 Å². The van der Waals surface area contributed by atoms with Crippen LogP contribution in [0.2, 0.25) is 0 Å². The molecule has 10 heterocycles. The minimum Gasteiger partial charge on any atom is -0.496 e. The molecule has 14 rings (SSSR count). The third kappa shape index (κ3) is 22.9. The molecule has 6 saturated heterocycles. The Bertz CT molecular complexity index is 3910. The molecule has 596 valence electrons. The molecule has 6 fully saturated rings. The molecule has 0 amide bonds. The Hall–Kier alpha value is -8.38. The molecule has 8 aromatic rings. The van der Waals surface area contributed by atoms with Crippen LogP contribution in [-0.2, 0) is 0 Å². The van der Waals surface area contributed by atoms with Gasteiger partial charge in [-0.25, -0.2) is 4.39 Å². The van der Waals surface area contributed by atoms with Crippen molar-refractivity contribution in [2.24, 2.45) is 17.8 Å². The van der Waals surface area contributed by atoms with Crippen molar-refractivity contribution in [3.63, 3.8) is 0 Å². The normalized spacial score (nSPS) is 17.1. The number of rotatable bonds is 17. The predicted octanol–water partition coefficient (Wildman–Crippen LogP) is 16.4. The lowest BCUT2D eigenvalue weighted by Crippen LogP contribution is -2.62. The van der Waals surface area contributed by atoms with E-state index in [4.69, 9.17) is 27.5 Å². The number of hydrogen-bond acceptors (Lipinski definition) is 22. The molecule has 0 atom stereocenters. The highest BCUT2D eigenvalue weighted by Crippen LogP contribution is 2.38. The molecule has 0 spiro atoms. The fraction of sp³-hybridized carbons (Fsp3) is 0.588. The Balaban J connectivity index is 0.000000212. The van der Waals surface area contributed by atoms with E-state index < -0.39 is 5.67 Å². The fourth-order valence-electron chi connectivity index (χ4n) is 13.8. The number of hydrogen-bond donors (Lipinski definition) is 0. The van der Waals surface area contributed by atoms with Crippen molar-refractivity contribution in [3.05, 3.63) is 125 Å². The summed E-state index contributed by atoms with van der Waals surface area (Å²) in [6.45, 7) is 49.9. The molecule has 0 bridgehead atoms. The summed E-state index contributed by atoms with van der Waals surface area (Å²) in [6.07, 6.45) is 4.12. The number of halogens is 1. The molecule has 0 radical (unpaired) electrons. The standard InChI is InChI=1S/C21H31N5O.C17H24N4O2.C16H22N4O.C14H21NO.C13H19FN2O.4CH4/c1-16(2)24-12-14-25(15-13-24)19-8-10-26(11-9-19)21-23-22-20(27-21)18-6-4-17(3)5-7-18;1-12(2)20-7-9-21(10-8-20)17-19-18-16(23-17)14-6-5-13(3)15(11-14)22-4;1-12(2)19-8-10-20(11-9-19)16-18-17-15(21-16)14-6-4-13(3)5-7-14;1-10(2)12-8-15(9-12)13-6-5-11(3)14(7-13)16-4;1-9(2)13(14)7-16(8-13)11-5-12(17-4)10(3)15-6-11;;;;/h4-7,16,19H,8-15H2,1-3H3;5-6,11-12H,7-10H2,1-4H3;4-7,12H,8-11H2,1-3H3;5-7,10,12H,8-9H2,1-4H3;5-6,9H,7-8H2,1-4H3;4*1H4. The average molecular weight is 1490 g/mol. The van der Waals surface area contributed by atoms with E-state index in [0.29, 0.717) is 73.0 Å². The van der Waals surface area contributed by atoms with Gasteiger partial charge in [0.05, 0.1) is 52.0 Å². The van der Waals surface area contributed by atoms with Crippen LogP contribution in [0.3, 0.4) is 0 Å². The third-order valence-electron chi connectivity index (χ3n) is 21.6. The van der Waals surface area contributed by atoms with Gasteiger partial charge in [-0.3, -0.25) is 24.6 Å². The maximum Gasteiger partial charge on any atom is 0.318 e. The van der Waals surface area contributed by atoms with E-state index in [1.54, 1.807) is 27.5 Å². The molecular formula is C85H133FN16O6. The summed E-state index contributed by atoms with van der Waals surface area (Å²) in [5.74, 6) is 6.01. The van der Waals surface area contributed by atoms with Crippen LogP contribution in [0, 0.1) is 52.4 Å². The number of ether oxygens (including phenoxy) is 3. The smallest absolute Gasteiger partial charge is 0.318 e. The van der Waals surface area contributed by atoms with Crippen LogP contribution < -0.4 is 38.7 Å². The van der Waals surface area contributed by atoms with Gasteiger partial charge in [-0.2, -0.15) is 0 Å². The van der Waals surface area contributed by atoms with Gasteiger partial charge in [-0.05, 0) is 160 Å². The fourth-order valence-corrected chi connectivity index (χ4v) is 13.8. The maximum atomic E-state index is 14.1. The van der Waals surface area contributed by atoms with Gasteiger partial charge in [0.15, 0.2) is 0 Å². The number of aryl methyl sites for hydroxylation is 5. The van der Waals surface area contributed by atoms with Gasteiger partial charge in [-0.1, -0.05) is 120 Å². The van der Waals surface area contributed by atoms with Crippen LogP contribution in [0.15, 0.2) is 110 Å². The van der Waals surface area contributed by atoms with Crippen LogP contribution in [0.4, 0.5) is 33.8 Å². The second kappa shape index (κ2) is 40.9. The minimum absolute atomic E-state index is 0. The Morgan fingerprint density at radius 1 is 0.417 bits per heavy atom. The van der Waals surface area contributed by atoms with E-state index in [1.165, 1.54) is 74.5 Å². The second-order valence-electron chi connectivity index (χ2n) is 30.3. The molecule has 0 saturated carbocycles. The SMILES string of the molecule is C.C.C.C.COc1cc(-c2nnc(N3CCN(C(C)C)CC3)o2)ccc1C.COc1cc(N2CC(C(C)C)C2)ccc1C.COc1cc(N2CC(F)(C(C)C)C2)cnc1C.Cc1ccc(-c2nnc(N3CCC(N4CCN(C(C)C)CC4)CC3)o2)cc1.Cc1ccc(-c2nnc(N3CCN(C(C)C)CC3)o2)cc1. The van der Waals surface area contributed by atoms with Crippen molar-refractivity contribution in [2.45, 2.75) is 176 Å². The van der Waals surface area contributed by atoms with Gasteiger partial charge in [0.25, 0.3) is 0 Å². The van der Waals surface area contributed by atoms with Crippen molar-refractivity contribution in [2.75, 3.05) is 164 Å². The van der Waals surface area contributed by atoms with E-state index in [2.05, 4.69) is 193 Å². The van der Waals surface area contributed by atoms with Gasteiger partial charge in [-0.15, -0.1) is 15.3 Å². The number of pyridine rings is 1. The van der Waals surface area contributed by atoms with Crippen LogP contribution in [0.5, 0.6) is 17.2 Å². The number of alkyl halides is 1. The lowest BCUT2D eigenvalue weighted by molar-refractivity contribution is 0.0653. The largest absolute Gasteiger partial charge is 0.496 e. The van der Waals surface area contributed by atoms with Crippen LogP contribution in [-0.4, -0.2) is 224 Å². The molecule has 22 nitrogen and oxygen atoms in total. The average Bonchev–Trinajstić information content (AvgIpc) is 1.09. The van der Waals surface area contributed by atoms with Crippen LogP contribution in [0.1, 0.15) is 140 Å². The number of nitrogens with zero attached hydrogens (tertiary/aromatic N) is 16. The van der Waals surface area contributed by atoms with Crippen molar-refractivity contribution in [3.8, 4) is 51.6 Å². The van der Waals surface area contributed by atoms with E-state index in [1.807, 2.05) is 81.1 Å². The first-order valence-electron chi connectivity index (χ1n) is 37.7. The van der Waals surface area contributed by atoms with Gasteiger partial charge >= 0.3 is 18.0 Å². The summed E-state index contributed by atoms with van der Waals surface area (Å²) < 4.78 is 47.7. The lowest BCUT2D eigenvalue weighted by atomic mass is 9.84. The molecule has 4 aromatic carbocycles. The maximum absolute atomic E-state index is 14.1. The molecule has 0 unspecified atom stereocenters. The molecule has 23 heteroatoms. The highest BCUT2D eigenvalue weighted by molar-refractivity contribution is 5.60. The third-order valence-corrected chi connectivity index (χ3v) is 21.6. The second-order valence-corrected chi connectivity index (χ2v) is 30.3. The van der Waals surface area contributed by atoms with E-state index in [-0.39, 0.29) is 35.6 Å². The Labute approximate surface area is 647 Å². The van der Waals surface area contributed by atoms with E-state index in [9.17, 15) is 4.39 Å². The Morgan fingerprint density at radius 3 is 1.20 bits per heavy atom. The first kappa shape index (κ1) is 88.5. The zero-order valence-electron chi connectivity index (χ0n) is 65.4. The summed E-state index contributed by atoms with van der Waals surface area (Å²) in [4.78, 5) is 25.4. The van der Waals surface area contributed by atoms with Gasteiger partial charge in [0.2, 0.25) is 17.7 Å². The predicted molar refractivity (Wildman–Crippen MR) is 443 cm³/mol.